The number of sulfone groups is 1. The van der Waals surface area contributed by atoms with Crippen molar-refractivity contribution in [2.75, 3.05) is 6.26 Å². The van der Waals surface area contributed by atoms with Gasteiger partial charge in [-0.15, -0.1) is 0 Å². The van der Waals surface area contributed by atoms with Gasteiger partial charge >= 0.3 is 0 Å². The molecule has 5 nitrogen and oxygen atoms in total. The van der Waals surface area contributed by atoms with Crippen molar-refractivity contribution in [3.8, 4) is 22.8 Å². The van der Waals surface area contributed by atoms with Gasteiger partial charge in [0.1, 0.15) is 0 Å². The zero-order valence-electron chi connectivity index (χ0n) is 12.1. The Kier molecular flexibility index (Phi) is 3.54. The second-order valence-corrected chi connectivity index (χ2v) is 7.10. The summed E-state index contributed by atoms with van der Waals surface area (Å²) in [4.78, 5) is 4.60. The maximum absolute atomic E-state index is 11.4. The lowest BCUT2D eigenvalue weighted by molar-refractivity contribution is 0.432. The molecule has 0 amide bonds. The van der Waals surface area contributed by atoms with Crippen LogP contribution in [-0.4, -0.2) is 24.8 Å². The summed E-state index contributed by atoms with van der Waals surface area (Å²) >= 11 is 0. The van der Waals surface area contributed by atoms with E-state index in [4.69, 9.17) is 4.52 Å². The van der Waals surface area contributed by atoms with Gasteiger partial charge in [0.25, 0.3) is 5.89 Å². The van der Waals surface area contributed by atoms with Crippen molar-refractivity contribution in [1.29, 1.82) is 0 Å². The number of nitrogens with zero attached hydrogens (tertiary/aromatic N) is 2. The Balaban J connectivity index is 1.92. The fourth-order valence-electron chi connectivity index (χ4n) is 2.01. The van der Waals surface area contributed by atoms with E-state index in [1.807, 2.05) is 31.2 Å². The van der Waals surface area contributed by atoms with Gasteiger partial charge in [0, 0.05) is 17.4 Å². The van der Waals surface area contributed by atoms with Crippen molar-refractivity contribution in [1.82, 2.24) is 10.1 Å². The monoisotopic (exact) mass is 314 g/mol. The SMILES string of the molecule is Cc1ccc(-c2noc(-c3ccc(S(C)(=O)=O)cc3)n2)cc1. The third kappa shape index (κ3) is 2.92. The average molecular weight is 314 g/mol. The molecule has 3 aromatic rings. The van der Waals surface area contributed by atoms with Crippen molar-refractivity contribution in [3.05, 3.63) is 54.1 Å². The molecule has 0 saturated carbocycles. The number of rotatable bonds is 3. The van der Waals surface area contributed by atoms with Crippen LogP contribution in [0.4, 0.5) is 0 Å². The van der Waals surface area contributed by atoms with Crippen LogP contribution in [0, 0.1) is 6.92 Å². The Morgan fingerprint density at radius 1 is 0.909 bits per heavy atom. The van der Waals surface area contributed by atoms with E-state index in [2.05, 4.69) is 10.1 Å². The minimum absolute atomic E-state index is 0.259. The topological polar surface area (TPSA) is 73.1 Å². The van der Waals surface area contributed by atoms with E-state index in [0.717, 1.165) is 11.1 Å². The molecule has 22 heavy (non-hydrogen) atoms. The minimum Gasteiger partial charge on any atom is -0.334 e. The Labute approximate surface area is 128 Å². The van der Waals surface area contributed by atoms with Gasteiger partial charge in [0.2, 0.25) is 5.82 Å². The van der Waals surface area contributed by atoms with E-state index in [1.54, 1.807) is 12.1 Å². The van der Waals surface area contributed by atoms with E-state index >= 15 is 0 Å². The van der Waals surface area contributed by atoms with Gasteiger partial charge < -0.3 is 4.52 Å². The largest absolute Gasteiger partial charge is 0.334 e. The Bertz CT molecular complexity index is 895. The van der Waals surface area contributed by atoms with E-state index in [-0.39, 0.29) is 4.90 Å². The van der Waals surface area contributed by atoms with Gasteiger partial charge in [-0.2, -0.15) is 4.98 Å². The van der Waals surface area contributed by atoms with E-state index in [9.17, 15) is 8.42 Å². The van der Waals surface area contributed by atoms with Crippen LogP contribution in [0.5, 0.6) is 0 Å². The van der Waals surface area contributed by atoms with Crippen LogP contribution in [0.3, 0.4) is 0 Å². The molecule has 6 heteroatoms. The second-order valence-electron chi connectivity index (χ2n) is 5.09. The summed E-state index contributed by atoms with van der Waals surface area (Å²) in [6, 6.07) is 14.2. The zero-order valence-corrected chi connectivity index (χ0v) is 13.0. The molecule has 0 aliphatic rings. The molecule has 0 radical (unpaired) electrons. The summed E-state index contributed by atoms with van der Waals surface area (Å²) in [5.41, 5.74) is 2.70. The molecule has 0 atom stereocenters. The van der Waals surface area contributed by atoms with Crippen LogP contribution >= 0.6 is 0 Å². The average Bonchev–Trinajstić information content (AvgIpc) is 2.97. The lowest BCUT2D eigenvalue weighted by Gasteiger charge is -1.98. The molecule has 0 unspecified atom stereocenters. The molecule has 0 bridgehead atoms. The molecular weight excluding hydrogens is 300 g/mol. The predicted octanol–water partition coefficient (Wildman–Crippen LogP) is 3.12. The Hall–Kier alpha value is -2.47. The summed E-state index contributed by atoms with van der Waals surface area (Å²) in [5.74, 6) is 0.859. The molecule has 0 saturated heterocycles. The first-order chi connectivity index (χ1) is 10.4. The lowest BCUT2D eigenvalue weighted by Crippen LogP contribution is -1.96. The van der Waals surface area contributed by atoms with Crippen molar-refractivity contribution >= 4 is 9.84 Å². The van der Waals surface area contributed by atoms with Gasteiger partial charge in [0.15, 0.2) is 9.84 Å². The van der Waals surface area contributed by atoms with E-state index in [0.29, 0.717) is 17.3 Å². The van der Waals surface area contributed by atoms with Crippen molar-refractivity contribution in [2.24, 2.45) is 0 Å². The number of hydrogen-bond donors (Lipinski definition) is 0. The molecule has 1 heterocycles. The van der Waals surface area contributed by atoms with Gasteiger partial charge in [-0.25, -0.2) is 8.42 Å². The highest BCUT2D eigenvalue weighted by Crippen LogP contribution is 2.23. The third-order valence-corrected chi connectivity index (χ3v) is 4.39. The molecular formula is C16H14N2O3S. The van der Waals surface area contributed by atoms with Crippen LogP contribution in [0.25, 0.3) is 22.8 Å². The number of aromatic nitrogens is 2. The molecule has 0 aliphatic carbocycles. The molecule has 0 fully saturated rings. The lowest BCUT2D eigenvalue weighted by atomic mass is 10.1. The second kappa shape index (κ2) is 5.38. The van der Waals surface area contributed by atoms with Crippen LogP contribution in [0.1, 0.15) is 5.56 Å². The highest BCUT2D eigenvalue weighted by Gasteiger charge is 2.12. The predicted molar refractivity (Wildman–Crippen MR) is 83.0 cm³/mol. The first-order valence-corrected chi connectivity index (χ1v) is 8.54. The van der Waals surface area contributed by atoms with Gasteiger partial charge in [-0.1, -0.05) is 35.0 Å². The summed E-state index contributed by atoms with van der Waals surface area (Å²) in [6.45, 7) is 2.01. The highest BCUT2D eigenvalue weighted by atomic mass is 32.2. The normalized spacial score (nSPS) is 11.5. The third-order valence-electron chi connectivity index (χ3n) is 3.27. The molecule has 0 aliphatic heterocycles. The standard InChI is InChI=1S/C16H14N2O3S/c1-11-3-5-12(6-4-11)15-17-16(21-18-15)13-7-9-14(10-8-13)22(2,19)20/h3-10H,1-2H3. The summed E-state index contributed by atoms with van der Waals surface area (Å²) < 4.78 is 28.1. The van der Waals surface area contributed by atoms with E-state index in [1.165, 1.54) is 18.4 Å². The zero-order chi connectivity index (χ0) is 15.7. The molecule has 0 N–H and O–H groups in total. The minimum atomic E-state index is -3.21. The smallest absolute Gasteiger partial charge is 0.258 e. The van der Waals surface area contributed by atoms with Crippen molar-refractivity contribution < 1.29 is 12.9 Å². The molecule has 112 valence electrons. The summed E-state index contributed by atoms with van der Waals surface area (Å²) in [7, 11) is -3.21. The quantitative estimate of drug-likeness (QED) is 0.742. The van der Waals surface area contributed by atoms with Gasteiger partial charge in [-0.05, 0) is 31.2 Å². The fraction of sp³-hybridized carbons (Fsp3) is 0.125. The van der Waals surface area contributed by atoms with Gasteiger partial charge in [0.05, 0.1) is 4.90 Å². The Morgan fingerprint density at radius 2 is 1.50 bits per heavy atom. The van der Waals surface area contributed by atoms with E-state index < -0.39 is 9.84 Å². The summed E-state index contributed by atoms with van der Waals surface area (Å²) in [5, 5.41) is 3.96. The number of hydrogen-bond acceptors (Lipinski definition) is 5. The molecule has 0 spiro atoms. The number of aryl methyl sites for hydroxylation is 1. The number of benzene rings is 2. The van der Waals surface area contributed by atoms with Crippen LogP contribution < -0.4 is 0 Å². The van der Waals surface area contributed by atoms with Crippen molar-refractivity contribution in [3.63, 3.8) is 0 Å². The Morgan fingerprint density at radius 3 is 2.09 bits per heavy atom. The molecule has 2 aromatic carbocycles. The van der Waals surface area contributed by atoms with Crippen LogP contribution in [-0.2, 0) is 9.84 Å². The maximum atomic E-state index is 11.4. The van der Waals surface area contributed by atoms with Crippen molar-refractivity contribution in [2.45, 2.75) is 11.8 Å². The van der Waals surface area contributed by atoms with Crippen LogP contribution in [0.2, 0.25) is 0 Å². The molecule has 1 aromatic heterocycles. The highest BCUT2D eigenvalue weighted by molar-refractivity contribution is 7.90. The molecule has 3 rings (SSSR count). The maximum Gasteiger partial charge on any atom is 0.258 e. The fourth-order valence-corrected chi connectivity index (χ4v) is 2.64. The van der Waals surface area contributed by atoms with Crippen LogP contribution in [0.15, 0.2) is 57.9 Å². The first-order valence-electron chi connectivity index (χ1n) is 6.65. The van der Waals surface area contributed by atoms with Gasteiger partial charge in [-0.3, -0.25) is 0 Å². The first kappa shape index (κ1) is 14.5. The summed E-state index contributed by atoms with van der Waals surface area (Å²) in [6.07, 6.45) is 1.17.